The molecule has 68 valence electrons. The predicted octanol–water partition coefficient (Wildman–Crippen LogP) is -1.49. The minimum absolute atomic E-state index is 0.0691. The molecule has 0 aliphatic carbocycles. The van der Waals surface area contributed by atoms with Gasteiger partial charge in [-0.3, -0.25) is 0 Å². The molecule has 0 aliphatic rings. The van der Waals surface area contributed by atoms with Gasteiger partial charge in [-0.2, -0.15) is 17.7 Å². The molecular weight excluding hydrogens is 182 g/mol. The van der Waals surface area contributed by atoms with Crippen LogP contribution in [0.15, 0.2) is 6.33 Å². The number of hydrogen-bond acceptors (Lipinski definition) is 5. The minimum Gasteiger partial charge on any atom is -0.366 e. The van der Waals surface area contributed by atoms with Crippen LogP contribution in [0.25, 0.3) is 0 Å². The molecule has 7 nitrogen and oxygen atoms in total. The first kappa shape index (κ1) is 8.94. The van der Waals surface area contributed by atoms with Gasteiger partial charge in [0.05, 0.1) is 0 Å². The number of nitrogens with zero attached hydrogens (tertiary/aromatic N) is 4. The summed E-state index contributed by atoms with van der Waals surface area (Å²) in [7, 11) is -0.768. The smallest absolute Gasteiger partial charge is 0.323 e. The van der Waals surface area contributed by atoms with E-state index in [-0.39, 0.29) is 5.95 Å². The van der Waals surface area contributed by atoms with E-state index in [2.05, 4.69) is 10.1 Å². The fourth-order valence-corrected chi connectivity index (χ4v) is 1.23. The van der Waals surface area contributed by atoms with Crippen LogP contribution in [-0.2, 0) is 10.2 Å². The first-order valence-electron chi connectivity index (χ1n) is 3.05. The molecule has 1 aromatic heterocycles. The maximum atomic E-state index is 11.3. The van der Waals surface area contributed by atoms with Crippen LogP contribution < -0.4 is 5.73 Å². The normalized spacial score (nSPS) is 12.2. The van der Waals surface area contributed by atoms with Crippen LogP contribution in [0.5, 0.6) is 0 Å². The summed E-state index contributed by atoms with van der Waals surface area (Å²) < 4.78 is 24.3. The molecule has 0 saturated heterocycles. The monoisotopic (exact) mass is 191 g/mol. The van der Waals surface area contributed by atoms with Crippen LogP contribution in [0.2, 0.25) is 0 Å². The summed E-state index contributed by atoms with van der Waals surface area (Å²) in [6, 6.07) is 0. The molecule has 0 spiro atoms. The highest BCUT2D eigenvalue weighted by Crippen LogP contribution is 1.98. The zero-order valence-corrected chi connectivity index (χ0v) is 7.48. The van der Waals surface area contributed by atoms with Gasteiger partial charge in [0, 0.05) is 14.1 Å². The topological polar surface area (TPSA) is 94.1 Å². The summed E-state index contributed by atoms with van der Waals surface area (Å²) in [5.41, 5.74) is 5.15. The molecule has 0 fully saturated rings. The number of hydrogen-bond donors (Lipinski definition) is 1. The summed E-state index contributed by atoms with van der Waals surface area (Å²) in [6.07, 6.45) is 1.05. The van der Waals surface area contributed by atoms with Crippen LogP contribution in [-0.4, -0.2) is 41.0 Å². The summed E-state index contributed by atoms with van der Waals surface area (Å²) in [5, 5.41) is 3.46. The predicted molar refractivity (Wildman–Crippen MR) is 42.4 cm³/mol. The Morgan fingerprint density at radius 3 is 2.50 bits per heavy atom. The Hall–Kier alpha value is -1.15. The summed E-state index contributed by atoms with van der Waals surface area (Å²) in [5.74, 6) is -0.0691. The van der Waals surface area contributed by atoms with Crippen LogP contribution in [0.3, 0.4) is 0 Å². The van der Waals surface area contributed by atoms with E-state index in [0.717, 1.165) is 10.6 Å². The average molecular weight is 191 g/mol. The second-order valence-electron chi connectivity index (χ2n) is 2.27. The van der Waals surface area contributed by atoms with Crippen molar-refractivity contribution in [3.63, 3.8) is 0 Å². The van der Waals surface area contributed by atoms with Gasteiger partial charge in [-0.1, -0.05) is 0 Å². The van der Waals surface area contributed by atoms with Crippen molar-refractivity contribution in [1.82, 2.24) is 18.5 Å². The van der Waals surface area contributed by atoms with Crippen LogP contribution in [0.1, 0.15) is 0 Å². The van der Waals surface area contributed by atoms with Crippen LogP contribution in [0, 0.1) is 0 Å². The molecule has 0 amide bonds. The van der Waals surface area contributed by atoms with Gasteiger partial charge in [-0.05, 0) is 0 Å². The van der Waals surface area contributed by atoms with Gasteiger partial charge < -0.3 is 5.73 Å². The minimum atomic E-state index is -3.56. The number of nitrogens with two attached hydrogens (primary N) is 1. The van der Waals surface area contributed by atoms with Gasteiger partial charge in [-0.25, -0.2) is 0 Å². The Morgan fingerprint density at radius 1 is 1.58 bits per heavy atom. The molecule has 1 rings (SSSR count). The Labute approximate surface area is 70.0 Å². The first-order valence-corrected chi connectivity index (χ1v) is 4.44. The SMILES string of the molecule is CN(C)S(=O)(=O)n1cnc(N)n1. The van der Waals surface area contributed by atoms with Gasteiger partial charge in [0.25, 0.3) is 0 Å². The third-order valence-electron chi connectivity index (χ3n) is 1.19. The van der Waals surface area contributed by atoms with Gasteiger partial charge in [-0.15, -0.1) is 9.19 Å². The van der Waals surface area contributed by atoms with E-state index in [9.17, 15) is 8.42 Å². The highest BCUT2D eigenvalue weighted by molar-refractivity contribution is 7.87. The van der Waals surface area contributed by atoms with Crippen LogP contribution >= 0.6 is 0 Å². The van der Waals surface area contributed by atoms with Crippen molar-refractivity contribution in [2.75, 3.05) is 19.8 Å². The van der Waals surface area contributed by atoms with Crippen molar-refractivity contribution in [1.29, 1.82) is 0 Å². The average Bonchev–Trinajstić information content (AvgIpc) is 2.35. The quantitative estimate of drug-likeness (QED) is 0.615. The lowest BCUT2D eigenvalue weighted by atomic mass is 11.1. The molecule has 0 radical (unpaired) electrons. The number of aromatic nitrogens is 3. The van der Waals surface area contributed by atoms with Gasteiger partial charge in [0.1, 0.15) is 6.33 Å². The van der Waals surface area contributed by atoms with Crippen molar-refractivity contribution in [2.45, 2.75) is 0 Å². The van der Waals surface area contributed by atoms with E-state index in [1.165, 1.54) is 14.1 Å². The summed E-state index contributed by atoms with van der Waals surface area (Å²) >= 11 is 0. The molecule has 8 heteroatoms. The van der Waals surface area contributed by atoms with Crippen molar-refractivity contribution in [2.24, 2.45) is 0 Å². The lowest BCUT2D eigenvalue weighted by Crippen LogP contribution is -2.29. The molecule has 0 unspecified atom stereocenters. The highest BCUT2D eigenvalue weighted by atomic mass is 32.2. The standard InChI is InChI=1S/C4H9N5O2S/c1-8(2)12(10,11)9-3-6-4(5)7-9/h3H,1-2H3,(H2,5,7). The Kier molecular flexibility index (Phi) is 2.02. The number of rotatable bonds is 2. The molecule has 0 aliphatic heterocycles. The van der Waals surface area contributed by atoms with Crippen molar-refractivity contribution < 1.29 is 8.42 Å². The highest BCUT2D eigenvalue weighted by Gasteiger charge is 2.17. The van der Waals surface area contributed by atoms with Crippen LogP contribution in [0.4, 0.5) is 5.95 Å². The van der Waals surface area contributed by atoms with Gasteiger partial charge in [0.15, 0.2) is 0 Å². The third kappa shape index (κ3) is 1.38. The molecule has 1 aromatic rings. The molecule has 1 heterocycles. The van der Waals surface area contributed by atoms with E-state index >= 15 is 0 Å². The number of nitrogen functional groups attached to an aromatic ring is 1. The number of anilines is 1. The van der Waals surface area contributed by atoms with E-state index in [4.69, 9.17) is 5.73 Å². The van der Waals surface area contributed by atoms with Gasteiger partial charge >= 0.3 is 10.2 Å². The van der Waals surface area contributed by atoms with Crippen molar-refractivity contribution in [3.8, 4) is 0 Å². The zero-order valence-electron chi connectivity index (χ0n) is 6.67. The Bertz CT molecular complexity index is 367. The second-order valence-corrected chi connectivity index (χ2v) is 4.27. The molecule has 0 aromatic carbocycles. The maximum absolute atomic E-state index is 11.3. The molecule has 12 heavy (non-hydrogen) atoms. The molecule has 2 N–H and O–H groups in total. The van der Waals surface area contributed by atoms with E-state index < -0.39 is 10.2 Å². The zero-order chi connectivity index (χ0) is 9.35. The molecular formula is C4H9N5O2S. The largest absolute Gasteiger partial charge is 0.366 e. The first-order chi connectivity index (χ1) is 5.44. The molecule has 0 bridgehead atoms. The van der Waals surface area contributed by atoms with Gasteiger partial charge in [0.2, 0.25) is 5.95 Å². The molecule has 0 saturated carbocycles. The van der Waals surface area contributed by atoms with Crippen molar-refractivity contribution in [3.05, 3.63) is 6.33 Å². The summed E-state index contributed by atoms with van der Waals surface area (Å²) in [4.78, 5) is 3.49. The van der Waals surface area contributed by atoms with E-state index in [1.807, 2.05) is 0 Å². The lowest BCUT2D eigenvalue weighted by molar-refractivity contribution is 0.504. The Balaban J connectivity index is 3.15. The van der Waals surface area contributed by atoms with E-state index in [1.54, 1.807) is 0 Å². The third-order valence-corrected chi connectivity index (χ3v) is 2.76. The van der Waals surface area contributed by atoms with E-state index in [0.29, 0.717) is 4.09 Å². The summed E-state index contributed by atoms with van der Waals surface area (Å²) in [6.45, 7) is 0. The second kappa shape index (κ2) is 2.72. The fraction of sp³-hybridized carbons (Fsp3) is 0.500. The van der Waals surface area contributed by atoms with Crippen molar-refractivity contribution >= 4 is 16.2 Å². The Morgan fingerprint density at radius 2 is 2.17 bits per heavy atom. The fourth-order valence-electron chi connectivity index (χ4n) is 0.540. The lowest BCUT2D eigenvalue weighted by Gasteiger charge is -2.08. The maximum Gasteiger partial charge on any atom is 0.323 e. The molecule has 0 atom stereocenters.